The first-order valence-corrected chi connectivity index (χ1v) is 6.72. The average molecular weight is 298 g/mol. The number of halogens is 1. The number of hydrogen-bond donors (Lipinski definition) is 1. The van der Waals surface area contributed by atoms with Gasteiger partial charge in [-0.25, -0.2) is 4.79 Å². The van der Waals surface area contributed by atoms with Crippen molar-refractivity contribution in [1.29, 1.82) is 0 Å². The Morgan fingerprint density at radius 3 is 2.94 bits per heavy atom. The highest BCUT2D eigenvalue weighted by Crippen LogP contribution is 2.33. The summed E-state index contributed by atoms with van der Waals surface area (Å²) in [6, 6.07) is 5.85. The largest absolute Gasteiger partial charge is 0.478 e. The molecule has 0 spiro atoms. The number of carboxylic acid groups (broad SMARTS) is 1. The van der Waals surface area contributed by atoms with Gasteiger partial charge in [0.15, 0.2) is 0 Å². The molecule has 1 aromatic carbocycles. The maximum Gasteiger partial charge on any atom is 0.335 e. The van der Waals surface area contributed by atoms with E-state index >= 15 is 0 Å². The smallest absolute Gasteiger partial charge is 0.335 e. The summed E-state index contributed by atoms with van der Waals surface area (Å²) in [4.78, 5) is 13.2. The first-order chi connectivity index (χ1) is 8.13. The number of rotatable bonds is 3. The van der Waals surface area contributed by atoms with E-state index in [1.54, 1.807) is 12.1 Å². The van der Waals surface area contributed by atoms with Crippen LogP contribution in [0.3, 0.4) is 0 Å². The molecule has 92 valence electrons. The molecule has 1 aliphatic heterocycles. The minimum absolute atomic E-state index is 0.327. The lowest BCUT2D eigenvalue weighted by molar-refractivity contribution is 0.0697. The zero-order chi connectivity index (χ0) is 12.4. The molecule has 1 heterocycles. The normalized spacial score (nSPS) is 19.6. The van der Waals surface area contributed by atoms with Crippen LogP contribution in [0.15, 0.2) is 22.7 Å². The van der Waals surface area contributed by atoms with Gasteiger partial charge in [0, 0.05) is 17.1 Å². The molecule has 0 saturated carbocycles. The van der Waals surface area contributed by atoms with Crippen molar-refractivity contribution in [3.05, 3.63) is 28.2 Å². The van der Waals surface area contributed by atoms with Crippen molar-refractivity contribution in [3.63, 3.8) is 0 Å². The van der Waals surface area contributed by atoms with Crippen LogP contribution in [0.5, 0.6) is 0 Å². The third kappa shape index (κ3) is 2.46. The molecular formula is C13H16BrNO2. The molecule has 1 atom stereocenters. The van der Waals surface area contributed by atoms with E-state index in [-0.39, 0.29) is 0 Å². The Morgan fingerprint density at radius 2 is 2.35 bits per heavy atom. The van der Waals surface area contributed by atoms with E-state index in [2.05, 4.69) is 27.8 Å². The first-order valence-electron chi connectivity index (χ1n) is 5.93. The Morgan fingerprint density at radius 1 is 1.59 bits per heavy atom. The standard InChI is InChI=1S/C13H16BrNO2/c1-2-10-4-3-7-15(10)12-6-5-9(13(16)17)8-11(12)14/h5-6,8,10H,2-4,7H2,1H3,(H,16,17). The molecule has 17 heavy (non-hydrogen) atoms. The fourth-order valence-electron chi connectivity index (χ4n) is 2.45. The van der Waals surface area contributed by atoms with Gasteiger partial charge in [-0.1, -0.05) is 6.92 Å². The lowest BCUT2D eigenvalue weighted by Gasteiger charge is -2.27. The predicted octanol–water partition coefficient (Wildman–Crippen LogP) is 3.53. The molecule has 4 heteroatoms. The van der Waals surface area contributed by atoms with E-state index in [9.17, 15) is 4.79 Å². The van der Waals surface area contributed by atoms with E-state index in [0.29, 0.717) is 11.6 Å². The zero-order valence-electron chi connectivity index (χ0n) is 9.82. The van der Waals surface area contributed by atoms with Crippen LogP contribution >= 0.6 is 15.9 Å². The van der Waals surface area contributed by atoms with Gasteiger partial charge in [-0.15, -0.1) is 0 Å². The van der Waals surface area contributed by atoms with Crippen LogP contribution in [-0.2, 0) is 0 Å². The van der Waals surface area contributed by atoms with Crippen LogP contribution in [0.25, 0.3) is 0 Å². The van der Waals surface area contributed by atoms with Crippen molar-refractivity contribution in [3.8, 4) is 0 Å². The molecule has 1 fully saturated rings. The minimum Gasteiger partial charge on any atom is -0.478 e. The summed E-state index contributed by atoms with van der Waals surface area (Å²) in [5, 5.41) is 8.93. The summed E-state index contributed by atoms with van der Waals surface area (Å²) in [7, 11) is 0. The molecule has 0 bridgehead atoms. The van der Waals surface area contributed by atoms with E-state index < -0.39 is 5.97 Å². The molecular weight excluding hydrogens is 282 g/mol. The third-order valence-corrected chi connectivity index (χ3v) is 3.99. The number of aromatic carboxylic acids is 1. The molecule has 3 nitrogen and oxygen atoms in total. The molecule has 1 aliphatic rings. The van der Waals surface area contributed by atoms with E-state index in [1.165, 1.54) is 12.8 Å². The maximum atomic E-state index is 10.9. The van der Waals surface area contributed by atoms with Gasteiger partial charge >= 0.3 is 5.97 Å². The van der Waals surface area contributed by atoms with E-state index in [4.69, 9.17) is 5.11 Å². The maximum absolute atomic E-state index is 10.9. The molecule has 0 aliphatic carbocycles. The highest BCUT2D eigenvalue weighted by molar-refractivity contribution is 9.10. The number of anilines is 1. The number of carbonyl (C=O) groups is 1. The highest BCUT2D eigenvalue weighted by atomic mass is 79.9. The Labute approximate surface area is 110 Å². The van der Waals surface area contributed by atoms with Gasteiger partial charge in [0.25, 0.3) is 0 Å². The SMILES string of the molecule is CCC1CCCN1c1ccc(C(=O)O)cc1Br. The highest BCUT2D eigenvalue weighted by Gasteiger charge is 2.24. The number of benzene rings is 1. The summed E-state index contributed by atoms with van der Waals surface area (Å²) in [6.45, 7) is 3.26. The fourth-order valence-corrected chi connectivity index (χ4v) is 3.06. The van der Waals surface area contributed by atoms with Crippen molar-refractivity contribution in [2.75, 3.05) is 11.4 Å². The Hall–Kier alpha value is -1.03. The monoisotopic (exact) mass is 297 g/mol. The fraction of sp³-hybridized carbons (Fsp3) is 0.462. The molecule has 1 unspecified atom stereocenters. The second-order valence-corrected chi connectivity index (χ2v) is 5.22. The lowest BCUT2D eigenvalue weighted by atomic mass is 10.1. The van der Waals surface area contributed by atoms with Crippen LogP contribution in [0.4, 0.5) is 5.69 Å². The molecule has 1 aromatic rings. The van der Waals surface area contributed by atoms with Crippen molar-refractivity contribution in [2.24, 2.45) is 0 Å². The summed E-state index contributed by atoms with van der Waals surface area (Å²) in [5.41, 5.74) is 1.44. The molecule has 0 amide bonds. The topological polar surface area (TPSA) is 40.5 Å². The van der Waals surface area contributed by atoms with E-state index in [0.717, 1.165) is 23.1 Å². The van der Waals surface area contributed by atoms with Gasteiger partial charge in [0.1, 0.15) is 0 Å². The Balaban J connectivity index is 2.30. The van der Waals surface area contributed by atoms with Crippen molar-refractivity contribution < 1.29 is 9.90 Å². The van der Waals surface area contributed by atoms with Gasteiger partial charge in [-0.05, 0) is 53.4 Å². The first kappa shape index (κ1) is 12.4. The van der Waals surface area contributed by atoms with Crippen LogP contribution in [0.2, 0.25) is 0 Å². The molecule has 0 aromatic heterocycles. The van der Waals surface area contributed by atoms with Gasteiger partial charge in [-0.3, -0.25) is 0 Å². The predicted molar refractivity (Wildman–Crippen MR) is 71.8 cm³/mol. The number of nitrogens with zero attached hydrogens (tertiary/aromatic N) is 1. The van der Waals surface area contributed by atoms with Crippen LogP contribution in [0.1, 0.15) is 36.5 Å². The van der Waals surface area contributed by atoms with Crippen LogP contribution < -0.4 is 4.90 Å². The summed E-state index contributed by atoms with van der Waals surface area (Å²) in [6.07, 6.45) is 3.57. The summed E-state index contributed by atoms with van der Waals surface area (Å²) >= 11 is 3.48. The van der Waals surface area contributed by atoms with Crippen LogP contribution in [-0.4, -0.2) is 23.7 Å². The van der Waals surface area contributed by atoms with E-state index in [1.807, 2.05) is 6.07 Å². The zero-order valence-corrected chi connectivity index (χ0v) is 11.4. The molecule has 2 rings (SSSR count). The van der Waals surface area contributed by atoms with Crippen molar-refractivity contribution in [2.45, 2.75) is 32.2 Å². The average Bonchev–Trinajstić information content (AvgIpc) is 2.76. The third-order valence-electron chi connectivity index (χ3n) is 3.35. The summed E-state index contributed by atoms with van der Waals surface area (Å²) < 4.78 is 0.873. The van der Waals surface area contributed by atoms with Crippen molar-refractivity contribution in [1.82, 2.24) is 0 Å². The lowest BCUT2D eigenvalue weighted by Crippen LogP contribution is -2.28. The van der Waals surface area contributed by atoms with Gasteiger partial charge in [0.05, 0.1) is 11.3 Å². The van der Waals surface area contributed by atoms with Gasteiger partial charge in [-0.2, -0.15) is 0 Å². The second kappa shape index (κ2) is 5.08. The second-order valence-electron chi connectivity index (χ2n) is 4.37. The van der Waals surface area contributed by atoms with Gasteiger partial charge < -0.3 is 10.0 Å². The molecule has 1 N–H and O–H groups in total. The minimum atomic E-state index is -0.884. The number of carboxylic acids is 1. The quantitative estimate of drug-likeness (QED) is 0.928. The molecule has 0 radical (unpaired) electrons. The van der Waals surface area contributed by atoms with Crippen LogP contribution in [0, 0.1) is 0 Å². The Kier molecular flexibility index (Phi) is 3.72. The van der Waals surface area contributed by atoms with Crippen molar-refractivity contribution >= 4 is 27.6 Å². The Bertz CT molecular complexity index is 433. The summed E-state index contributed by atoms with van der Waals surface area (Å²) in [5.74, 6) is -0.884. The molecule has 1 saturated heterocycles. The van der Waals surface area contributed by atoms with Gasteiger partial charge in [0.2, 0.25) is 0 Å². The number of hydrogen-bond acceptors (Lipinski definition) is 2.